The van der Waals surface area contributed by atoms with Gasteiger partial charge in [-0.2, -0.15) is 4.98 Å². The summed E-state index contributed by atoms with van der Waals surface area (Å²) in [6, 6.07) is 9.99. The van der Waals surface area contributed by atoms with Crippen LogP contribution in [0.5, 0.6) is 0 Å². The van der Waals surface area contributed by atoms with Crippen molar-refractivity contribution in [2.45, 2.75) is 12.8 Å². The van der Waals surface area contributed by atoms with Crippen molar-refractivity contribution >= 4 is 46.5 Å². The van der Waals surface area contributed by atoms with Crippen molar-refractivity contribution in [3.8, 4) is 0 Å². The first-order chi connectivity index (χ1) is 15.8. The van der Waals surface area contributed by atoms with Gasteiger partial charge in [0.05, 0.1) is 18.7 Å². The Labute approximate surface area is 198 Å². The van der Waals surface area contributed by atoms with Gasteiger partial charge in [-0.3, -0.25) is 4.79 Å². The molecular weight excluding hydrogens is 442 g/mol. The fourth-order valence-electron chi connectivity index (χ4n) is 4.30. The van der Waals surface area contributed by atoms with E-state index < -0.39 is 0 Å². The third-order valence-electron chi connectivity index (χ3n) is 6.13. The lowest BCUT2D eigenvalue weighted by molar-refractivity contribution is 0.122. The number of morpholine rings is 1. The number of nitrogens with one attached hydrogen (secondary N) is 4. The predicted octanol–water partition coefficient (Wildman–Crippen LogP) is 2.73. The topological polar surface area (TPSA) is 107 Å². The number of fused-ring (bicyclic) bond motifs is 1. The molecule has 0 saturated carbocycles. The van der Waals surface area contributed by atoms with Crippen molar-refractivity contribution < 1.29 is 4.74 Å². The Balaban J connectivity index is 0.00000259. The molecule has 2 aliphatic heterocycles. The van der Waals surface area contributed by atoms with Gasteiger partial charge in [0.1, 0.15) is 11.2 Å². The number of ether oxygens (including phenoxy) is 1. The van der Waals surface area contributed by atoms with Crippen LogP contribution in [-0.4, -0.2) is 60.9 Å². The van der Waals surface area contributed by atoms with E-state index in [4.69, 9.17) is 4.74 Å². The molecule has 0 spiro atoms. The highest BCUT2D eigenvalue weighted by molar-refractivity contribution is 5.91. The van der Waals surface area contributed by atoms with Crippen LogP contribution in [0.3, 0.4) is 0 Å². The minimum atomic E-state index is -0.208. The van der Waals surface area contributed by atoms with Crippen molar-refractivity contribution in [3.05, 3.63) is 46.9 Å². The molecule has 9 nitrogen and oxygen atoms in total. The van der Waals surface area contributed by atoms with E-state index in [1.807, 2.05) is 12.1 Å². The number of H-pyrrole nitrogens is 1. The summed E-state index contributed by atoms with van der Waals surface area (Å²) in [5.41, 5.74) is 2.44. The summed E-state index contributed by atoms with van der Waals surface area (Å²) in [6.07, 6.45) is 3.90. The molecule has 0 radical (unpaired) electrons. The van der Waals surface area contributed by atoms with Crippen molar-refractivity contribution in [2.75, 3.05) is 61.5 Å². The van der Waals surface area contributed by atoms with Crippen LogP contribution in [0.2, 0.25) is 0 Å². The third-order valence-corrected chi connectivity index (χ3v) is 6.13. The SMILES string of the molecule is Cl.O=c1[nH]ccc2nc(NCC3CCNCC3)nc(Nc3ccc(N4CCOCC4)cc3)c12. The first-order valence-electron chi connectivity index (χ1n) is 11.3. The molecule has 0 amide bonds. The van der Waals surface area contributed by atoms with Gasteiger partial charge < -0.3 is 30.6 Å². The van der Waals surface area contributed by atoms with E-state index in [2.05, 4.69) is 47.9 Å². The molecule has 2 aliphatic rings. The number of anilines is 4. The summed E-state index contributed by atoms with van der Waals surface area (Å²) in [6.45, 7) is 6.21. The Kier molecular flexibility index (Phi) is 7.64. The number of aromatic nitrogens is 3. The van der Waals surface area contributed by atoms with Crippen LogP contribution in [-0.2, 0) is 4.74 Å². The van der Waals surface area contributed by atoms with Gasteiger partial charge in [0.25, 0.3) is 5.56 Å². The van der Waals surface area contributed by atoms with E-state index >= 15 is 0 Å². The zero-order valence-corrected chi connectivity index (χ0v) is 19.3. The fourth-order valence-corrected chi connectivity index (χ4v) is 4.30. The molecular formula is C23H30ClN7O2. The number of rotatable bonds is 6. The van der Waals surface area contributed by atoms with Crippen LogP contribution >= 0.6 is 12.4 Å². The number of nitrogens with zero attached hydrogens (tertiary/aromatic N) is 3. The van der Waals surface area contributed by atoms with Crippen LogP contribution in [0.15, 0.2) is 41.3 Å². The number of halogens is 1. The lowest BCUT2D eigenvalue weighted by Gasteiger charge is -2.28. The summed E-state index contributed by atoms with van der Waals surface area (Å²) < 4.78 is 5.44. The first-order valence-corrected chi connectivity index (χ1v) is 11.3. The summed E-state index contributed by atoms with van der Waals surface area (Å²) in [4.78, 5) is 26.8. The van der Waals surface area contributed by atoms with Crippen molar-refractivity contribution in [1.29, 1.82) is 0 Å². The van der Waals surface area contributed by atoms with E-state index in [1.54, 1.807) is 12.3 Å². The third kappa shape index (κ3) is 5.55. The van der Waals surface area contributed by atoms with E-state index in [0.29, 0.717) is 28.6 Å². The van der Waals surface area contributed by atoms with Crippen LogP contribution in [0.25, 0.3) is 10.9 Å². The maximum Gasteiger partial charge on any atom is 0.261 e. The Bertz CT molecular complexity index is 1110. The Hall–Kier alpha value is -2.88. The van der Waals surface area contributed by atoms with Crippen molar-refractivity contribution in [3.63, 3.8) is 0 Å². The molecule has 2 aromatic heterocycles. The lowest BCUT2D eigenvalue weighted by Crippen LogP contribution is -2.36. The molecule has 0 atom stereocenters. The minimum absolute atomic E-state index is 0. The Morgan fingerprint density at radius 2 is 1.82 bits per heavy atom. The average Bonchev–Trinajstić information content (AvgIpc) is 2.84. The molecule has 2 saturated heterocycles. The summed E-state index contributed by atoms with van der Waals surface area (Å²) >= 11 is 0. The number of aromatic amines is 1. The molecule has 2 fully saturated rings. The maximum atomic E-state index is 12.5. The highest BCUT2D eigenvalue weighted by Crippen LogP contribution is 2.25. The first kappa shape index (κ1) is 23.3. The van der Waals surface area contributed by atoms with Crippen molar-refractivity contribution in [1.82, 2.24) is 20.3 Å². The molecule has 4 N–H and O–H groups in total. The number of benzene rings is 1. The molecule has 4 heterocycles. The van der Waals surface area contributed by atoms with Gasteiger partial charge in [-0.15, -0.1) is 12.4 Å². The smallest absolute Gasteiger partial charge is 0.261 e. The monoisotopic (exact) mass is 471 g/mol. The summed E-state index contributed by atoms with van der Waals surface area (Å²) in [5, 5.41) is 10.6. The Morgan fingerprint density at radius 3 is 2.58 bits per heavy atom. The number of piperidine rings is 1. The average molecular weight is 472 g/mol. The zero-order chi connectivity index (χ0) is 21.8. The largest absolute Gasteiger partial charge is 0.378 e. The van der Waals surface area contributed by atoms with Gasteiger partial charge in [0.2, 0.25) is 5.95 Å². The predicted molar refractivity (Wildman–Crippen MR) is 134 cm³/mol. The fraction of sp³-hybridized carbons (Fsp3) is 0.435. The second kappa shape index (κ2) is 10.8. The highest BCUT2D eigenvalue weighted by Gasteiger charge is 2.16. The normalized spacial score (nSPS) is 16.9. The van der Waals surface area contributed by atoms with Gasteiger partial charge in [0, 0.05) is 37.2 Å². The van der Waals surface area contributed by atoms with Crippen LogP contribution in [0.4, 0.5) is 23.1 Å². The molecule has 0 unspecified atom stereocenters. The van der Waals surface area contributed by atoms with E-state index in [0.717, 1.165) is 70.2 Å². The number of hydrogen-bond donors (Lipinski definition) is 4. The standard InChI is InChI=1S/C23H29N7O2.ClH/c31-22-20-19(7-10-25-22)28-23(26-15-16-5-8-24-9-6-16)29-21(20)27-17-1-3-18(4-2-17)30-11-13-32-14-12-30;/h1-4,7,10,16,24H,5-6,8-9,11-15H2,(H,25,31)(H2,26,27,28,29);1H. The molecule has 0 aliphatic carbocycles. The molecule has 3 aromatic rings. The number of hydrogen-bond acceptors (Lipinski definition) is 8. The summed E-state index contributed by atoms with van der Waals surface area (Å²) in [5.74, 6) is 1.64. The molecule has 5 rings (SSSR count). The van der Waals surface area contributed by atoms with E-state index in [-0.39, 0.29) is 18.0 Å². The van der Waals surface area contributed by atoms with Gasteiger partial charge in [-0.25, -0.2) is 4.98 Å². The quantitative estimate of drug-likeness (QED) is 0.434. The lowest BCUT2D eigenvalue weighted by atomic mass is 9.98. The van der Waals surface area contributed by atoms with Gasteiger partial charge >= 0.3 is 0 Å². The van der Waals surface area contributed by atoms with Crippen LogP contribution < -0.4 is 26.4 Å². The van der Waals surface area contributed by atoms with E-state index in [9.17, 15) is 4.79 Å². The molecule has 10 heteroatoms. The minimum Gasteiger partial charge on any atom is -0.378 e. The van der Waals surface area contributed by atoms with Gasteiger partial charge in [-0.1, -0.05) is 0 Å². The second-order valence-electron chi connectivity index (χ2n) is 8.31. The van der Waals surface area contributed by atoms with Gasteiger partial charge in [0.15, 0.2) is 0 Å². The summed E-state index contributed by atoms with van der Waals surface area (Å²) in [7, 11) is 0. The molecule has 1 aromatic carbocycles. The van der Waals surface area contributed by atoms with Gasteiger partial charge in [-0.05, 0) is 62.2 Å². The molecule has 176 valence electrons. The Morgan fingerprint density at radius 1 is 1.06 bits per heavy atom. The van der Waals surface area contributed by atoms with E-state index in [1.165, 1.54) is 0 Å². The molecule has 33 heavy (non-hydrogen) atoms. The highest BCUT2D eigenvalue weighted by atomic mass is 35.5. The maximum absolute atomic E-state index is 12.5. The van der Waals surface area contributed by atoms with Crippen molar-refractivity contribution in [2.24, 2.45) is 5.92 Å². The second-order valence-corrected chi connectivity index (χ2v) is 8.31. The zero-order valence-electron chi connectivity index (χ0n) is 18.5. The molecule has 0 bridgehead atoms. The number of pyridine rings is 1. The van der Waals surface area contributed by atoms with Crippen LogP contribution in [0, 0.1) is 5.92 Å². The van der Waals surface area contributed by atoms with Crippen LogP contribution in [0.1, 0.15) is 12.8 Å².